The Morgan fingerprint density at radius 3 is 2.00 bits per heavy atom. The standard InChI is InChI=1S/C6H5Cl.C6H15N/c7-6-4-2-1-3-5-6;1-4-7-5-6(2)3/h1-5H;6-7H,4-5H2,1-3H3. The van der Waals surface area contributed by atoms with E-state index in [9.17, 15) is 0 Å². The summed E-state index contributed by atoms with van der Waals surface area (Å²) in [6.07, 6.45) is 0. The van der Waals surface area contributed by atoms with Gasteiger partial charge in [0.25, 0.3) is 0 Å². The van der Waals surface area contributed by atoms with E-state index in [1.165, 1.54) is 0 Å². The van der Waals surface area contributed by atoms with Gasteiger partial charge in [0, 0.05) is 5.02 Å². The van der Waals surface area contributed by atoms with Crippen LogP contribution in [0.4, 0.5) is 0 Å². The monoisotopic (exact) mass is 213 g/mol. The molecule has 1 N–H and O–H groups in total. The molecular formula is C12H20ClN. The van der Waals surface area contributed by atoms with Crippen LogP contribution in [-0.2, 0) is 0 Å². The van der Waals surface area contributed by atoms with Crippen molar-refractivity contribution < 1.29 is 0 Å². The molecule has 1 aromatic carbocycles. The molecule has 0 saturated carbocycles. The highest BCUT2D eigenvalue weighted by Gasteiger charge is 1.87. The van der Waals surface area contributed by atoms with Gasteiger partial charge in [0.1, 0.15) is 0 Å². The Kier molecular flexibility index (Phi) is 8.70. The molecule has 1 aromatic rings. The zero-order valence-electron chi connectivity index (χ0n) is 9.26. The average molecular weight is 214 g/mol. The number of nitrogens with one attached hydrogen (secondary N) is 1. The van der Waals surface area contributed by atoms with Crippen LogP contribution in [0.5, 0.6) is 0 Å². The van der Waals surface area contributed by atoms with Crippen LogP contribution in [0.2, 0.25) is 5.02 Å². The summed E-state index contributed by atoms with van der Waals surface area (Å²) in [5, 5.41) is 4.04. The van der Waals surface area contributed by atoms with E-state index in [0.717, 1.165) is 24.0 Å². The molecule has 0 aliphatic heterocycles. The van der Waals surface area contributed by atoms with Gasteiger partial charge in [-0.1, -0.05) is 50.6 Å². The van der Waals surface area contributed by atoms with Crippen molar-refractivity contribution in [3.8, 4) is 0 Å². The predicted octanol–water partition coefficient (Wildman–Crippen LogP) is 3.59. The maximum Gasteiger partial charge on any atom is 0.0405 e. The van der Waals surface area contributed by atoms with Crippen LogP contribution >= 0.6 is 11.6 Å². The number of benzene rings is 1. The topological polar surface area (TPSA) is 12.0 Å². The summed E-state index contributed by atoms with van der Waals surface area (Å²) < 4.78 is 0. The molecular weight excluding hydrogens is 194 g/mol. The maximum atomic E-state index is 5.54. The fourth-order valence-corrected chi connectivity index (χ4v) is 0.993. The van der Waals surface area contributed by atoms with Crippen molar-refractivity contribution in [2.75, 3.05) is 13.1 Å². The second kappa shape index (κ2) is 9.04. The van der Waals surface area contributed by atoms with Gasteiger partial charge < -0.3 is 5.32 Å². The van der Waals surface area contributed by atoms with Gasteiger partial charge in [0.05, 0.1) is 0 Å². The highest BCUT2D eigenvalue weighted by molar-refractivity contribution is 6.30. The van der Waals surface area contributed by atoms with E-state index < -0.39 is 0 Å². The quantitative estimate of drug-likeness (QED) is 0.809. The molecule has 1 rings (SSSR count). The van der Waals surface area contributed by atoms with Crippen molar-refractivity contribution >= 4 is 11.6 Å². The van der Waals surface area contributed by atoms with Gasteiger partial charge in [-0.25, -0.2) is 0 Å². The van der Waals surface area contributed by atoms with Gasteiger partial charge in [-0.15, -0.1) is 0 Å². The van der Waals surface area contributed by atoms with E-state index in [1.54, 1.807) is 0 Å². The first-order valence-corrected chi connectivity index (χ1v) is 5.45. The minimum absolute atomic E-state index is 0.792. The van der Waals surface area contributed by atoms with Crippen LogP contribution in [-0.4, -0.2) is 13.1 Å². The van der Waals surface area contributed by atoms with Crippen molar-refractivity contribution in [3.05, 3.63) is 35.4 Å². The molecule has 2 heteroatoms. The lowest BCUT2D eigenvalue weighted by Crippen LogP contribution is -2.18. The summed E-state index contributed by atoms with van der Waals surface area (Å²) in [5.41, 5.74) is 0. The van der Waals surface area contributed by atoms with E-state index in [2.05, 4.69) is 26.1 Å². The third-order valence-electron chi connectivity index (χ3n) is 1.54. The molecule has 0 bridgehead atoms. The first kappa shape index (κ1) is 13.5. The molecule has 0 amide bonds. The molecule has 0 fully saturated rings. The van der Waals surface area contributed by atoms with Gasteiger partial charge >= 0.3 is 0 Å². The molecule has 0 aliphatic carbocycles. The SMILES string of the molecule is CCNCC(C)C.Clc1ccccc1. The second-order valence-corrected chi connectivity index (χ2v) is 3.93. The van der Waals surface area contributed by atoms with Gasteiger partial charge in [0.15, 0.2) is 0 Å². The lowest BCUT2D eigenvalue weighted by Gasteiger charge is -2.01. The molecule has 1 nitrogen and oxygen atoms in total. The molecule has 14 heavy (non-hydrogen) atoms. The van der Waals surface area contributed by atoms with Crippen LogP contribution < -0.4 is 5.32 Å². The zero-order valence-corrected chi connectivity index (χ0v) is 10.0. The lowest BCUT2D eigenvalue weighted by molar-refractivity contribution is 0.566. The highest BCUT2D eigenvalue weighted by Crippen LogP contribution is 2.03. The number of halogens is 1. The molecule has 0 aromatic heterocycles. The maximum absolute atomic E-state index is 5.54. The second-order valence-electron chi connectivity index (χ2n) is 3.50. The fraction of sp³-hybridized carbons (Fsp3) is 0.500. The predicted molar refractivity (Wildman–Crippen MR) is 64.8 cm³/mol. The third kappa shape index (κ3) is 9.56. The Bertz CT molecular complexity index is 209. The van der Waals surface area contributed by atoms with Gasteiger partial charge in [-0.2, -0.15) is 0 Å². The largest absolute Gasteiger partial charge is 0.317 e. The summed E-state index contributed by atoms with van der Waals surface area (Å²) in [4.78, 5) is 0. The molecule has 0 radical (unpaired) electrons. The number of hydrogen-bond acceptors (Lipinski definition) is 1. The van der Waals surface area contributed by atoms with E-state index in [0.29, 0.717) is 0 Å². The Balaban J connectivity index is 0.000000241. The summed E-state index contributed by atoms with van der Waals surface area (Å²) in [5.74, 6) is 0.792. The lowest BCUT2D eigenvalue weighted by atomic mass is 10.2. The van der Waals surface area contributed by atoms with Crippen molar-refractivity contribution in [3.63, 3.8) is 0 Å². The van der Waals surface area contributed by atoms with Gasteiger partial charge in [-0.05, 0) is 31.1 Å². The van der Waals surface area contributed by atoms with Crippen LogP contribution in [0, 0.1) is 5.92 Å². The highest BCUT2D eigenvalue weighted by atomic mass is 35.5. The molecule has 0 unspecified atom stereocenters. The molecule has 0 saturated heterocycles. The van der Waals surface area contributed by atoms with Crippen molar-refractivity contribution in [1.29, 1.82) is 0 Å². The Labute approximate surface area is 92.5 Å². The summed E-state index contributed by atoms with van der Waals surface area (Å²) in [7, 11) is 0. The van der Waals surface area contributed by atoms with Crippen molar-refractivity contribution in [2.24, 2.45) is 5.92 Å². The Morgan fingerprint density at radius 2 is 1.79 bits per heavy atom. The van der Waals surface area contributed by atoms with Gasteiger partial charge in [-0.3, -0.25) is 0 Å². The van der Waals surface area contributed by atoms with E-state index in [-0.39, 0.29) is 0 Å². The molecule has 80 valence electrons. The van der Waals surface area contributed by atoms with Crippen molar-refractivity contribution in [1.82, 2.24) is 5.32 Å². The number of hydrogen-bond donors (Lipinski definition) is 1. The fourth-order valence-electron chi connectivity index (χ4n) is 0.848. The Morgan fingerprint density at radius 1 is 1.21 bits per heavy atom. The first-order valence-electron chi connectivity index (χ1n) is 5.08. The van der Waals surface area contributed by atoms with Crippen LogP contribution in [0.3, 0.4) is 0 Å². The average Bonchev–Trinajstić information content (AvgIpc) is 2.17. The van der Waals surface area contributed by atoms with Crippen LogP contribution in [0.1, 0.15) is 20.8 Å². The zero-order chi connectivity index (χ0) is 10.8. The van der Waals surface area contributed by atoms with Crippen molar-refractivity contribution in [2.45, 2.75) is 20.8 Å². The van der Waals surface area contributed by atoms with E-state index in [1.807, 2.05) is 30.3 Å². The minimum Gasteiger partial charge on any atom is -0.317 e. The Hall–Kier alpha value is -0.530. The van der Waals surface area contributed by atoms with E-state index in [4.69, 9.17) is 11.6 Å². The molecule has 0 spiro atoms. The van der Waals surface area contributed by atoms with Crippen LogP contribution in [0.25, 0.3) is 0 Å². The normalized spacial score (nSPS) is 9.50. The molecule has 0 heterocycles. The minimum atomic E-state index is 0.792. The van der Waals surface area contributed by atoms with Crippen LogP contribution in [0.15, 0.2) is 30.3 Å². The summed E-state index contributed by atoms with van der Waals surface area (Å²) in [6, 6.07) is 9.44. The van der Waals surface area contributed by atoms with E-state index >= 15 is 0 Å². The smallest absolute Gasteiger partial charge is 0.0405 e. The van der Waals surface area contributed by atoms with Gasteiger partial charge in [0.2, 0.25) is 0 Å². The molecule has 0 aliphatic rings. The molecule has 0 atom stereocenters. The first-order chi connectivity index (χ1) is 6.66. The summed E-state index contributed by atoms with van der Waals surface area (Å²) >= 11 is 5.54. The number of rotatable bonds is 3. The summed E-state index contributed by atoms with van der Waals surface area (Å²) in [6.45, 7) is 8.79. The third-order valence-corrected chi connectivity index (χ3v) is 1.79.